The van der Waals surface area contributed by atoms with Crippen molar-refractivity contribution in [3.8, 4) is 0 Å². The molecule has 1 atom stereocenters. The number of carbonyl (C=O) groups excluding carboxylic acids is 1. The normalized spacial score (nSPS) is 11.9. The van der Waals surface area contributed by atoms with E-state index in [4.69, 9.17) is 16.7 Å². The van der Waals surface area contributed by atoms with Crippen molar-refractivity contribution in [2.75, 3.05) is 5.75 Å². The largest absolute Gasteiger partial charge is 0.481 e. The summed E-state index contributed by atoms with van der Waals surface area (Å²) in [6, 6.07) is 16.2. The molecule has 3 nitrogen and oxygen atoms in total. The number of carbonyl (C=O) groups is 2. The van der Waals surface area contributed by atoms with Crippen LogP contribution in [0, 0.1) is 0 Å². The van der Waals surface area contributed by atoms with Crippen LogP contribution in [0.1, 0.15) is 27.6 Å². The number of carboxylic acid groups (broad SMARTS) is 1. The molecule has 2 aromatic rings. The lowest BCUT2D eigenvalue weighted by Crippen LogP contribution is -2.09. The van der Waals surface area contributed by atoms with Crippen molar-refractivity contribution in [2.45, 2.75) is 11.7 Å². The van der Waals surface area contributed by atoms with E-state index in [9.17, 15) is 9.59 Å². The van der Waals surface area contributed by atoms with Gasteiger partial charge in [0.2, 0.25) is 0 Å². The van der Waals surface area contributed by atoms with Gasteiger partial charge in [0.25, 0.3) is 0 Å². The molecule has 5 heteroatoms. The number of benzene rings is 2. The molecule has 0 bridgehead atoms. The van der Waals surface area contributed by atoms with Gasteiger partial charge in [0.15, 0.2) is 5.78 Å². The van der Waals surface area contributed by atoms with E-state index >= 15 is 0 Å². The molecule has 0 aromatic heterocycles. The molecule has 1 N–H and O–H groups in total. The fourth-order valence-electron chi connectivity index (χ4n) is 2.08. The second kappa shape index (κ2) is 8.01. The molecule has 0 aliphatic heterocycles. The minimum atomic E-state index is -0.908. The molecule has 0 heterocycles. The highest BCUT2D eigenvalue weighted by Crippen LogP contribution is 2.37. The smallest absolute Gasteiger partial charge is 0.313 e. The lowest BCUT2D eigenvalue weighted by molar-refractivity contribution is -0.133. The number of thioether (sulfide) groups is 1. The Labute approximate surface area is 138 Å². The van der Waals surface area contributed by atoms with Crippen molar-refractivity contribution < 1.29 is 14.7 Å². The molecular formula is C17H15ClO3S. The molecule has 114 valence electrons. The first-order valence-corrected chi connectivity index (χ1v) is 8.16. The monoisotopic (exact) mass is 334 g/mol. The highest BCUT2D eigenvalue weighted by Gasteiger charge is 2.20. The van der Waals surface area contributed by atoms with Gasteiger partial charge < -0.3 is 5.11 Å². The quantitative estimate of drug-likeness (QED) is 0.759. The standard InChI is InChI=1S/C17H15ClO3S/c18-14-9-5-4-8-13(14)16(22-11-17(20)21)10-15(19)12-6-2-1-3-7-12/h1-9,16H,10-11H2,(H,20,21)/t16-/m1/s1. The maximum Gasteiger partial charge on any atom is 0.313 e. The minimum Gasteiger partial charge on any atom is -0.481 e. The summed E-state index contributed by atoms with van der Waals surface area (Å²) in [4.78, 5) is 23.2. The molecule has 22 heavy (non-hydrogen) atoms. The SMILES string of the molecule is O=C(O)CS[C@H](CC(=O)c1ccccc1)c1ccccc1Cl. The summed E-state index contributed by atoms with van der Waals surface area (Å²) < 4.78 is 0. The van der Waals surface area contributed by atoms with Crippen molar-refractivity contribution >= 4 is 35.1 Å². The molecule has 0 aliphatic carbocycles. The predicted molar refractivity (Wildman–Crippen MR) is 89.7 cm³/mol. The van der Waals surface area contributed by atoms with Crippen LogP contribution in [0.4, 0.5) is 0 Å². The van der Waals surface area contributed by atoms with Gasteiger partial charge in [0, 0.05) is 22.3 Å². The van der Waals surface area contributed by atoms with E-state index in [-0.39, 0.29) is 23.2 Å². The molecule has 0 amide bonds. The molecule has 0 fully saturated rings. The van der Waals surface area contributed by atoms with Crippen LogP contribution in [0.15, 0.2) is 54.6 Å². The maximum absolute atomic E-state index is 12.4. The van der Waals surface area contributed by atoms with E-state index in [1.54, 1.807) is 18.2 Å². The van der Waals surface area contributed by atoms with E-state index in [0.29, 0.717) is 10.6 Å². The summed E-state index contributed by atoms with van der Waals surface area (Å²) >= 11 is 7.41. The van der Waals surface area contributed by atoms with Gasteiger partial charge in [0.1, 0.15) is 0 Å². The first kappa shape index (κ1) is 16.6. The van der Waals surface area contributed by atoms with Gasteiger partial charge in [-0.2, -0.15) is 0 Å². The Hall–Kier alpha value is -1.78. The maximum atomic E-state index is 12.4. The number of aliphatic carboxylic acids is 1. The summed E-state index contributed by atoms with van der Waals surface area (Å²) in [7, 11) is 0. The van der Waals surface area contributed by atoms with Crippen LogP contribution in [0.2, 0.25) is 5.02 Å². The molecule has 0 aliphatic rings. The van der Waals surface area contributed by atoms with Crippen molar-refractivity contribution in [3.05, 3.63) is 70.7 Å². The molecule has 0 saturated heterocycles. The Morgan fingerprint density at radius 2 is 1.68 bits per heavy atom. The van der Waals surface area contributed by atoms with Crippen LogP contribution in [0.3, 0.4) is 0 Å². The van der Waals surface area contributed by atoms with Crippen LogP contribution in [0.25, 0.3) is 0 Å². The van der Waals surface area contributed by atoms with Gasteiger partial charge in [0.05, 0.1) is 5.75 Å². The number of hydrogen-bond acceptors (Lipinski definition) is 3. The van der Waals surface area contributed by atoms with Crippen molar-refractivity contribution in [3.63, 3.8) is 0 Å². The highest BCUT2D eigenvalue weighted by molar-refractivity contribution is 8.00. The van der Waals surface area contributed by atoms with E-state index in [1.807, 2.05) is 36.4 Å². The number of hydrogen-bond donors (Lipinski definition) is 1. The van der Waals surface area contributed by atoms with Crippen LogP contribution >= 0.6 is 23.4 Å². The zero-order valence-corrected chi connectivity index (χ0v) is 13.3. The lowest BCUT2D eigenvalue weighted by atomic mass is 10.0. The molecule has 2 aromatic carbocycles. The van der Waals surface area contributed by atoms with Crippen LogP contribution in [-0.4, -0.2) is 22.6 Å². The number of halogens is 1. The van der Waals surface area contributed by atoms with Gasteiger partial charge >= 0.3 is 5.97 Å². The molecule has 0 unspecified atom stereocenters. The van der Waals surface area contributed by atoms with Crippen molar-refractivity contribution in [1.82, 2.24) is 0 Å². The van der Waals surface area contributed by atoms with Crippen LogP contribution in [-0.2, 0) is 4.79 Å². The highest BCUT2D eigenvalue weighted by atomic mass is 35.5. The van der Waals surface area contributed by atoms with Crippen LogP contribution in [0.5, 0.6) is 0 Å². The Morgan fingerprint density at radius 1 is 1.05 bits per heavy atom. The number of Topliss-reactive ketones (excluding diaryl/α,β-unsaturated/α-hetero) is 1. The zero-order chi connectivity index (χ0) is 15.9. The average Bonchev–Trinajstić information content (AvgIpc) is 2.52. The average molecular weight is 335 g/mol. The van der Waals surface area contributed by atoms with Crippen LogP contribution < -0.4 is 0 Å². The summed E-state index contributed by atoms with van der Waals surface area (Å²) in [5, 5.41) is 9.16. The summed E-state index contributed by atoms with van der Waals surface area (Å²) in [6.45, 7) is 0. The molecule has 0 spiro atoms. The summed E-state index contributed by atoms with van der Waals surface area (Å²) in [5.74, 6) is -1.00. The topological polar surface area (TPSA) is 54.4 Å². The molecular weight excluding hydrogens is 320 g/mol. The predicted octanol–water partition coefficient (Wildman–Crippen LogP) is 4.47. The van der Waals surface area contributed by atoms with E-state index in [1.165, 1.54) is 11.8 Å². The third-order valence-electron chi connectivity index (χ3n) is 3.13. The third-order valence-corrected chi connectivity index (χ3v) is 4.71. The number of ketones is 1. The Balaban J connectivity index is 2.19. The second-order valence-electron chi connectivity index (χ2n) is 4.71. The Bertz CT molecular complexity index is 658. The Morgan fingerprint density at radius 3 is 2.32 bits per heavy atom. The first-order chi connectivity index (χ1) is 10.6. The van der Waals surface area contributed by atoms with E-state index in [0.717, 1.165) is 5.56 Å². The van der Waals surface area contributed by atoms with Gasteiger partial charge in [-0.15, -0.1) is 11.8 Å². The summed E-state index contributed by atoms with van der Waals surface area (Å²) in [6.07, 6.45) is 0.214. The number of rotatable bonds is 7. The van der Waals surface area contributed by atoms with Gasteiger partial charge in [-0.25, -0.2) is 0 Å². The first-order valence-electron chi connectivity index (χ1n) is 6.74. The van der Waals surface area contributed by atoms with Gasteiger partial charge in [-0.05, 0) is 11.6 Å². The molecule has 2 rings (SSSR count). The van der Waals surface area contributed by atoms with Gasteiger partial charge in [-0.3, -0.25) is 9.59 Å². The third kappa shape index (κ3) is 4.61. The second-order valence-corrected chi connectivity index (χ2v) is 6.31. The number of carboxylic acids is 1. The van der Waals surface area contributed by atoms with Crippen molar-refractivity contribution in [1.29, 1.82) is 0 Å². The van der Waals surface area contributed by atoms with Crippen molar-refractivity contribution in [2.24, 2.45) is 0 Å². The van der Waals surface area contributed by atoms with Gasteiger partial charge in [-0.1, -0.05) is 60.1 Å². The zero-order valence-electron chi connectivity index (χ0n) is 11.7. The fraction of sp³-hybridized carbons (Fsp3) is 0.176. The molecule has 0 radical (unpaired) electrons. The molecule has 0 saturated carbocycles. The van der Waals surface area contributed by atoms with E-state index < -0.39 is 5.97 Å². The van der Waals surface area contributed by atoms with E-state index in [2.05, 4.69) is 0 Å². The lowest BCUT2D eigenvalue weighted by Gasteiger charge is -2.17. The minimum absolute atomic E-state index is 0.0246. The summed E-state index contributed by atoms with van der Waals surface area (Å²) in [5.41, 5.74) is 1.41. The fourth-order valence-corrected chi connectivity index (χ4v) is 3.41. The Kier molecular flexibility index (Phi) is 6.04.